The van der Waals surface area contributed by atoms with Gasteiger partial charge < -0.3 is 13.9 Å². The van der Waals surface area contributed by atoms with E-state index in [-0.39, 0.29) is 27.9 Å². The maximum atomic E-state index is 14.4. The molecule has 8 heteroatoms. The molecule has 7 aromatic rings. The van der Waals surface area contributed by atoms with Gasteiger partial charge in [-0.2, -0.15) is 0 Å². The molecule has 0 saturated heterocycles. The van der Waals surface area contributed by atoms with Crippen LogP contribution >= 0.6 is 0 Å². The molecule has 268 valence electrons. The van der Waals surface area contributed by atoms with Crippen LogP contribution in [0.1, 0.15) is 67.0 Å². The molecule has 0 amide bonds. The predicted molar refractivity (Wildman–Crippen MR) is 210 cm³/mol. The van der Waals surface area contributed by atoms with Crippen LogP contribution < -0.4 is 14.9 Å². The Morgan fingerprint density at radius 3 is 2.28 bits per heavy atom. The number of nitrogens with zero attached hydrogens (tertiary/aromatic N) is 1. The third kappa shape index (κ3) is 4.82. The number of non-ortho nitro benzene ring substituents is 1. The number of benzene rings is 6. The summed E-state index contributed by atoms with van der Waals surface area (Å²) in [7, 11) is 0. The van der Waals surface area contributed by atoms with Crippen LogP contribution in [0.2, 0.25) is 0 Å². The average molecular weight is 718 g/mol. The summed E-state index contributed by atoms with van der Waals surface area (Å²) < 4.78 is 34.3. The first-order valence-corrected chi connectivity index (χ1v) is 18.2. The van der Waals surface area contributed by atoms with Crippen LogP contribution in [0.25, 0.3) is 49.9 Å². The molecule has 1 aromatic heterocycles. The molecule has 2 aliphatic rings. The van der Waals surface area contributed by atoms with E-state index in [0.717, 1.165) is 73.9 Å². The van der Waals surface area contributed by atoms with Crippen LogP contribution in [0, 0.1) is 22.9 Å². The van der Waals surface area contributed by atoms with Crippen molar-refractivity contribution in [2.24, 2.45) is 0 Å². The van der Waals surface area contributed by atoms with Gasteiger partial charge in [0.05, 0.1) is 22.3 Å². The summed E-state index contributed by atoms with van der Waals surface area (Å²) >= 11 is 0. The van der Waals surface area contributed by atoms with Gasteiger partial charge in [-0.15, -0.1) is 0 Å². The highest BCUT2D eigenvalue weighted by molar-refractivity contribution is 6.14. The Bertz CT molecular complexity index is 2800. The second-order valence-corrected chi connectivity index (χ2v) is 14.8. The summed E-state index contributed by atoms with van der Waals surface area (Å²) in [6.45, 7) is 8.99. The summed E-state index contributed by atoms with van der Waals surface area (Å²) in [4.78, 5) is 25.2. The third-order valence-electron chi connectivity index (χ3n) is 11.2. The molecular weight excluding hydrogens is 682 g/mol. The molecule has 54 heavy (non-hydrogen) atoms. The summed E-state index contributed by atoms with van der Waals surface area (Å²) in [6, 6.07) is 28.6. The van der Waals surface area contributed by atoms with E-state index in [1.807, 2.05) is 55.5 Å². The van der Waals surface area contributed by atoms with Gasteiger partial charge in [0.15, 0.2) is 5.60 Å². The molecule has 1 atom stereocenters. The second kappa shape index (κ2) is 12.1. The average Bonchev–Trinajstić information content (AvgIpc) is 3.41. The van der Waals surface area contributed by atoms with Crippen molar-refractivity contribution < 1.29 is 23.2 Å². The zero-order valence-electron chi connectivity index (χ0n) is 30.3. The fraction of sp³-hybridized carbons (Fsp3) is 0.196. The molecular formula is C46H36FNO6. The Morgan fingerprint density at radius 2 is 1.57 bits per heavy atom. The van der Waals surface area contributed by atoms with Gasteiger partial charge in [0.2, 0.25) is 5.43 Å². The van der Waals surface area contributed by atoms with Crippen LogP contribution in [0.3, 0.4) is 0 Å². The van der Waals surface area contributed by atoms with Gasteiger partial charge in [0.25, 0.3) is 5.69 Å². The minimum absolute atomic E-state index is 0.168. The van der Waals surface area contributed by atoms with Crippen LogP contribution in [0.5, 0.6) is 11.5 Å². The SMILES string of the molecule is CCCCOc1ccc(C2(c3ccc(F)cc3)C=Cc3c4c(c5ccccc5c3O2)-c2c(cc(C)c3c(=O)c5cc([N+](=O)[O-])ccc5oc23)C4(C)C)cc1. The summed E-state index contributed by atoms with van der Waals surface area (Å²) in [5.41, 5.74) is 5.72. The quantitative estimate of drug-likeness (QED) is 0.0705. The number of hydrogen-bond donors (Lipinski definition) is 0. The Balaban J connectivity index is 1.31. The number of ether oxygens (including phenoxy) is 2. The predicted octanol–water partition coefficient (Wildman–Crippen LogP) is 11.3. The van der Waals surface area contributed by atoms with E-state index in [1.165, 1.54) is 30.3 Å². The zero-order valence-corrected chi connectivity index (χ0v) is 30.3. The smallest absolute Gasteiger partial charge is 0.270 e. The summed E-state index contributed by atoms with van der Waals surface area (Å²) in [6.07, 6.45) is 6.17. The van der Waals surface area contributed by atoms with Crippen LogP contribution in [0.4, 0.5) is 10.1 Å². The van der Waals surface area contributed by atoms with Crippen molar-refractivity contribution in [2.75, 3.05) is 6.61 Å². The van der Waals surface area contributed by atoms with Crippen molar-refractivity contribution in [1.29, 1.82) is 0 Å². The topological polar surface area (TPSA) is 91.8 Å². The molecule has 1 aliphatic carbocycles. The lowest BCUT2D eigenvalue weighted by Crippen LogP contribution is -2.35. The van der Waals surface area contributed by atoms with E-state index in [1.54, 1.807) is 12.1 Å². The highest BCUT2D eigenvalue weighted by Gasteiger charge is 2.45. The van der Waals surface area contributed by atoms with Gasteiger partial charge in [-0.1, -0.05) is 87.9 Å². The molecule has 9 rings (SSSR count). The Hall–Kier alpha value is -6.28. The largest absolute Gasteiger partial charge is 0.494 e. The van der Waals surface area contributed by atoms with E-state index in [2.05, 4.69) is 39.0 Å². The van der Waals surface area contributed by atoms with Crippen LogP contribution in [-0.4, -0.2) is 11.5 Å². The Morgan fingerprint density at radius 1 is 0.870 bits per heavy atom. The number of halogens is 1. The van der Waals surface area contributed by atoms with Crippen molar-refractivity contribution in [3.63, 3.8) is 0 Å². The van der Waals surface area contributed by atoms with Crippen LogP contribution in [0.15, 0.2) is 112 Å². The number of nitro groups is 1. The third-order valence-corrected chi connectivity index (χ3v) is 11.2. The monoisotopic (exact) mass is 717 g/mol. The molecule has 6 aromatic carbocycles. The number of hydrogen-bond acceptors (Lipinski definition) is 6. The fourth-order valence-corrected chi connectivity index (χ4v) is 8.50. The molecule has 0 radical (unpaired) electrons. The van der Waals surface area contributed by atoms with Gasteiger partial charge in [-0.25, -0.2) is 4.39 Å². The van der Waals surface area contributed by atoms with E-state index < -0.39 is 15.9 Å². The minimum Gasteiger partial charge on any atom is -0.494 e. The van der Waals surface area contributed by atoms with Gasteiger partial charge in [0, 0.05) is 45.2 Å². The van der Waals surface area contributed by atoms with Gasteiger partial charge in [-0.3, -0.25) is 14.9 Å². The number of aryl methyl sites for hydroxylation is 1. The maximum Gasteiger partial charge on any atom is 0.270 e. The number of nitro benzene ring substituents is 1. The lowest BCUT2D eigenvalue weighted by atomic mass is 9.76. The molecule has 2 heterocycles. The maximum absolute atomic E-state index is 14.4. The minimum atomic E-state index is -1.09. The molecule has 0 bridgehead atoms. The van der Waals surface area contributed by atoms with Crippen molar-refractivity contribution in [3.05, 3.63) is 163 Å². The van der Waals surface area contributed by atoms with Gasteiger partial charge in [-0.05, 0) is 77.4 Å². The molecule has 0 N–H and O–H groups in total. The molecule has 0 fully saturated rings. The van der Waals surface area contributed by atoms with Crippen molar-refractivity contribution >= 4 is 44.5 Å². The fourth-order valence-electron chi connectivity index (χ4n) is 8.50. The normalized spacial score (nSPS) is 16.6. The Kier molecular flexibility index (Phi) is 7.54. The summed E-state index contributed by atoms with van der Waals surface area (Å²) in [5, 5.41) is 14.0. The highest BCUT2D eigenvalue weighted by Crippen LogP contribution is 2.59. The second-order valence-electron chi connectivity index (χ2n) is 14.8. The molecule has 1 unspecified atom stereocenters. The summed E-state index contributed by atoms with van der Waals surface area (Å²) in [5.74, 6) is 1.13. The first kappa shape index (κ1) is 33.5. The lowest BCUT2D eigenvalue weighted by molar-refractivity contribution is -0.384. The molecule has 1 aliphatic heterocycles. The van der Waals surface area contributed by atoms with Crippen LogP contribution in [-0.2, 0) is 11.0 Å². The van der Waals surface area contributed by atoms with E-state index >= 15 is 0 Å². The van der Waals surface area contributed by atoms with Crippen molar-refractivity contribution in [2.45, 2.75) is 51.6 Å². The molecule has 0 spiro atoms. The first-order chi connectivity index (χ1) is 26.0. The lowest BCUT2D eigenvalue weighted by Gasteiger charge is -2.38. The number of fused-ring (bicyclic) bond motifs is 11. The molecule has 7 nitrogen and oxygen atoms in total. The highest BCUT2D eigenvalue weighted by atomic mass is 19.1. The van der Waals surface area contributed by atoms with Crippen molar-refractivity contribution in [1.82, 2.24) is 0 Å². The van der Waals surface area contributed by atoms with Gasteiger partial charge in [0.1, 0.15) is 28.5 Å². The first-order valence-electron chi connectivity index (χ1n) is 18.2. The Labute approximate surface area is 310 Å². The van der Waals surface area contributed by atoms with Crippen molar-refractivity contribution in [3.8, 4) is 22.6 Å². The molecule has 0 saturated carbocycles. The van der Waals surface area contributed by atoms with E-state index in [0.29, 0.717) is 23.3 Å². The van der Waals surface area contributed by atoms with E-state index in [4.69, 9.17) is 13.9 Å². The zero-order chi connectivity index (χ0) is 37.5. The van der Waals surface area contributed by atoms with Gasteiger partial charge >= 0.3 is 0 Å². The standard InChI is InChI=1S/C46H36FNO6/c1-5-6-23-52-31-18-13-28(14-19-31)46(27-11-15-29(47)16-12-27)22-21-34-41-39(32-9-7-8-10-33(32)43(34)54-46)40-36(45(41,3)4)24-26(2)38-42(49)35-25-30(48(50)51)17-20-37(35)53-44(38)40/h7-22,24-25H,5-6,23H2,1-4H3. The van der Waals surface area contributed by atoms with E-state index in [9.17, 15) is 19.3 Å². The number of unbranched alkanes of at least 4 members (excludes halogenated alkanes) is 1. The number of rotatable bonds is 7.